The maximum Gasteiger partial charge on any atom is 0.175 e. The molecule has 0 unspecified atom stereocenters. The number of ketones is 1. The number of carbonyl (C=O) groups excluding carboxylic acids is 1. The highest BCUT2D eigenvalue weighted by Crippen LogP contribution is 2.47. The van der Waals surface area contributed by atoms with Crippen molar-refractivity contribution in [2.24, 2.45) is 0 Å². The van der Waals surface area contributed by atoms with Crippen molar-refractivity contribution in [2.75, 3.05) is 24.0 Å². The summed E-state index contributed by atoms with van der Waals surface area (Å²) >= 11 is 4.99. The van der Waals surface area contributed by atoms with Gasteiger partial charge in [0.25, 0.3) is 0 Å². The van der Waals surface area contributed by atoms with Gasteiger partial charge >= 0.3 is 0 Å². The molecule has 0 saturated heterocycles. The highest BCUT2D eigenvalue weighted by Gasteiger charge is 2.26. The molecule has 0 spiro atoms. The molecule has 1 heterocycles. The molecule has 2 aromatic rings. The van der Waals surface area contributed by atoms with Crippen LogP contribution in [-0.4, -0.2) is 29.4 Å². The van der Waals surface area contributed by atoms with E-state index in [0.717, 1.165) is 11.4 Å². The number of rotatable bonds is 5. The van der Waals surface area contributed by atoms with Gasteiger partial charge in [0.15, 0.2) is 5.78 Å². The van der Waals surface area contributed by atoms with Crippen LogP contribution in [0.25, 0.3) is 0 Å². The summed E-state index contributed by atoms with van der Waals surface area (Å²) < 4.78 is -0.00564. The second-order valence-electron chi connectivity index (χ2n) is 4.89. The van der Waals surface area contributed by atoms with E-state index >= 15 is 0 Å². The molecule has 0 N–H and O–H groups in total. The first-order valence-electron chi connectivity index (χ1n) is 6.96. The molecule has 2 aromatic carbocycles. The van der Waals surface area contributed by atoms with Crippen LogP contribution in [0.5, 0.6) is 0 Å². The molecule has 5 heteroatoms. The molecule has 3 rings (SSSR count). The molecule has 0 bridgehead atoms. The molecule has 0 saturated carbocycles. The quantitative estimate of drug-likeness (QED) is 0.714. The molecule has 0 aromatic heterocycles. The van der Waals surface area contributed by atoms with Crippen LogP contribution in [0.15, 0.2) is 58.3 Å². The third-order valence-electron chi connectivity index (χ3n) is 3.54. The molecular weight excluding hydrogens is 330 g/mol. The van der Waals surface area contributed by atoms with E-state index in [1.165, 1.54) is 9.79 Å². The minimum Gasteiger partial charge on any atom is -0.332 e. The number of para-hydroxylation sites is 2. The van der Waals surface area contributed by atoms with Crippen LogP contribution in [0.3, 0.4) is 0 Å². The van der Waals surface area contributed by atoms with Crippen LogP contribution in [-0.2, 0) is 4.79 Å². The Hall–Kier alpha value is -1.04. The summed E-state index contributed by atoms with van der Waals surface area (Å²) in [5, 5.41) is 0. The number of benzene rings is 2. The van der Waals surface area contributed by atoms with Gasteiger partial charge in [-0.2, -0.15) is 0 Å². The largest absolute Gasteiger partial charge is 0.332 e. The van der Waals surface area contributed by atoms with Crippen LogP contribution in [0, 0.1) is 0 Å². The van der Waals surface area contributed by atoms with Gasteiger partial charge in [0.1, 0.15) is 4.58 Å². The van der Waals surface area contributed by atoms with Crippen LogP contribution >= 0.6 is 35.3 Å². The Balaban J connectivity index is 1.98. The maximum atomic E-state index is 12.6. The zero-order valence-electron chi connectivity index (χ0n) is 12.5. The molecule has 114 valence electrons. The molecular formula is C17H17NOS3. The van der Waals surface area contributed by atoms with Crippen molar-refractivity contribution in [1.29, 1.82) is 0 Å². The van der Waals surface area contributed by atoms with Crippen molar-refractivity contribution in [3.8, 4) is 0 Å². The number of hydrogen-bond donors (Lipinski definition) is 0. The van der Waals surface area contributed by atoms with E-state index in [0.29, 0.717) is 6.54 Å². The zero-order chi connectivity index (χ0) is 15.5. The molecule has 0 fully saturated rings. The predicted octanol–water partition coefficient (Wildman–Crippen LogP) is 4.91. The van der Waals surface area contributed by atoms with Crippen LogP contribution in [0.4, 0.5) is 11.4 Å². The number of hydrogen-bond acceptors (Lipinski definition) is 5. The zero-order valence-corrected chi connectivity index (χ0v) is 14.9. The van der Waals surface area contributed by atoms with Gasteiger partial charge in [-0.15, -0.1) is 23.5 Å². The summed E-state index contributed by atoms with van der Waals surface area (Å²) in [4.78, 5) is 17.2. The van der Waals surface area contributed by atoms with Gasteiger partial charge in [-0.25, -0.2) is 0 Å². The molecule has 0 aliphatic carbocycles. The van der Waals surface area contributed by atoms with Crippen LogP contribution in [0.1, 0.15) is 0 Å². The highest BCUT2D eigenvalue weighted by atomic mass is 32.2. The first kappa shape index (κ1) is 15.8. The van der Waals surface area contributed by atoms with Crippen molar-refractivity contribution in [1.82, 2.24) is 0 Å². The normalized spacial score (nSPS) is 13.0. The third kappa shape index (κ3) is 3.03. The summed E-state index contributed by atoms with van der Waals surface area (Å²) in [5.74, 6) is 0.261. The molecule has 22 heavy (non-hydrogen) atoms. The molecule has 0 amide bonds. The first-order chi connectivity index (χ1) is 10.7. The van der Waals surface area contributed by atoms with Gasteiger partial charge in [-0.05, 0) is 36.8 Å². The number of carbonyl (C=O) groups is 1. The lowest BCUT2D eigenvalue weighted by Crippen LogP contribution is -2.31. The summed E-state index contributed by atoms with van der Waals surface area (Å²) in [6.07, 6.45) is 3.99. The van der Waals surface area contributed by atoms with Gasteiger partial charge in [-0.3, -0.25) is 4.79 Å². The average molecular weight is 348 g/mol. The summed E-state index contributed by atoms with van der Waals surface area (Å²) in [6, 6.07) is 16.6. The fourth-order valence-electron chi connectivity index (χ4n) is 2.54. The second-order valence-corrected chi connectivity index (χ2v) is 8.16. The van der Waals surface area contributed by atoms with E-state index < -0.39 is 0 Å². The Bertz CT molecular complexity index is 640. The predicted molar refractivity (Wildman–Crippen MR) is 99.8 cm³/mol. The minimum absolute atomic E-state index is 0.00564. The van der Waals surface area contributed by atoms with E-state index in [1.807, 2.05) is 36.8 Å². The van der Waals surface area contributed by atoms with Crippen LogP contribution < -0.4 is 4.90 Å². The topological polar surface area (TPSA) is 20.3 Å². The Labute approximate surface area is 144 Å². The van der Waals surface area contributed by atoms with Crippen molar-refractivity contribution in [3.63, 3.8) is 0 Å². The van der Waals surface area contributed by atoms with Crippen molar-refractivity contribution >= 4 is 52.4 Å². The molecule has 0 atom stereocenters. The smallest absolute Gasteiger partial charge is 0.175 e. The van der Waals surface area contributed by atoms with E-state index in [4.69, 9.17) is 0 Å². The lowest BCUT2D eigenvalue weighted by molar-refractivity contribution is -0.115. The Morgan fingerprint density at radius 1 is 1.00 bits per heavy atom. The third-order valence-corrected chi connectivity index (χ3v) is 7.20. The second kappa shape index (κ2) is 7.02. The first-order valence-corrected chi connectivity index (χ1v) is 10.4. The number of thioether (sulfide) groups is 2. The van der Waals surface area contributed by atoms with Gasteiger partial charge in [0, 0.05) is 9.79 Å². The van der Waals surface area contributed by atoms with Gasteiger partial charge in [0.05, 0.1) is 17.9 Å². The van der Waals surface area contributed by atoms with Gasteiger partial charge in [0.2, 0.25) is 0 Å². The van der Waals surface area contributed by atoms with Crippen LogP contribution in [0.2, 0.25) is 0 Å². The number of nitrogens with zero attached hydrogens (tertiary/aromatic N) is 1. The highest BCUT2D eigenvalue weighted by molar-refractivity contribution is 8.17. The minimum atomic E-state index is -0.00564. The van der Waals surface area contributed by atoms with Crippen molar-refractivity contribution in [3.05, 3.63) is 48.5 Å². The van der Waals surface area contributed by atoms with E-state index in [9.17, 15) is 4.79 Å². The van der Waals surface area contributed by atoms with Gasteiger partial charge in [-0.1, -0.05) is 36.0 Å². The standard InChI is InChI=1S/C17H17NOS3/c1-20-17(21-2)14(19)11-18-12-7-3-5-9-15(12)22-16-10-6-4-8-13(16)18/h3-10,17H,11H2,1-2H3. The fraction of sp³-hybridized carbons (Fsp3) is 0.235. The fourth-order valence-corrected chi connectivity index (χ4v) is 5.08. The summed E-state index contributed by atoms with van der Waals surface area (Å²) in [5.41, 5.74) is 2.25. The van der Waals surface area contributed by atoms with Crippen molar-refractivity contribution < 1.29 is 4.79 Å². The SMILES string of the molecule is CSC(SC)C(=O)CN1c2ccccc2Sc2ccccc21. The lowest BCUT2D eigenvalue weighted by atomic mass is 10.2. The Morgan fingerprint density at radius 2 is 1.50 bits per heavy atom. The number of Topliss-reactive ketones (excluding diaryl/α,β-unsaturated/α-hetero) is 1. The molecule has 2 nitrogen and oxygen atoms in total. The molecule has 0 radical (unpaired) electrons. The molecule has 1 aliphatic heterocycles. The Kier molecular flexibility index (Phi) is 5.06. The summed E-state index contributed by atoms with van der Waals surface area (Å²) in [6.45, 7) is 0.418. The average Bonchev–Trinajstić information content (AvgIpc) is 2.55. The number of fused-ring (bicyclic) bond motifs is 2. The number of anilines is 2. The molecule has 1 aliphatic rings. The van der Waals surface area contributed by atoms with Crippen molar-refractivity contribution in [2.45, 2.75) is 14.4 Å². The Morgan fingerprint density at radius 3 is 2.00 bits per heavy atom. The van der Waals surface area contributed by atoms with Gasteiger partial charge < -0.3 is 4.90 Å². The lowest BCUT2D eigenvalue weighted by Gasteiger charge is -2.32. The summed E-state index contributed by atoms with van der Waals surface area (Å²) in [7, 11) is 0. The monoisotopic (exact) mass is 347 g/mol. The maximum absolute atomic E-state index is 12.6. The van der Waals surface area contributed by atoms with E-state index in [1.54, 1.807) is 35.3 Å². The van der Waals surface area contributed by atoms with E-state index in [-0.39, 0.29) is 10.4 Å². The van der Waals surface area contributed by atoms with E-state index in [2.05, 4.69) is 29.2 Å².